The number of para-hydroxylation sites is 1. The average molecular weight is 422 g/mol. The molecule has 6 heteroatoms. The van der Waals surface area contributed by atoms with E-state index in [2.05, 4.69) is 10.6 Å². The number of hydrogen-bond acceptors (Lipinski definition) is 3. The summed E-state index contributed by atoms with van der Waals surface area (Å²) in [5.74, 6) is -0.511. The van der Waals surface area contributed by atoms with E-state index in [0.717, 1.165) is 22.5 Å². The van der Waals surface area contributed by atoms with Crippen LogP contribution in [0.25, 0.3) is 23.0 Å². The number of nitrogens with zero attached hydrogens (tertiary/aromatic N) is 2. The van der Waals surface area contributed by atoms with Crippen LogP contribution >= 0.6 is 0 Å². The molecule has 32 heavy (non-hydrogen) atoms. The molecular formula is C26H22N4O2. The zero-order valence-corrected chi connectivity index (χ0v) is 17.5. The van der Waals surface area contributed by atoms with Gasteiger partial charge in [0.1, 0.15) is 0 Å². The highest BCUT2D eigenvalue weighted by molar-refractivity contribution is 6.03. The van der Waals surface area contributed by atoms with E-state index in [1.807, 2.05) is 66.9 Å². The first-order chi connectivity index (χ1) is 15.6. The highest BCUT2D eigenvalue weighted by Crippen LogP contribution is 2.24. The molecule has 158 valence electrons. The maximum absolute atomic E-state index is 12.5. The fourth-order valence-corrected chi connectivity index (χ4v) is 3.27. The molecule has 6 nitrogen and oxygen atoms in total. The van der Waals surface area contributed by atoms with Crippen molar-refractivity contribution in [3.8, 4) is 16.9 Å². The maximum atomic E-state index is 12.5. The predicted molar refractivity (Wildman–Crippen MR) is 126 cm³/mol. The number of amides is 2. The Kier molecular flexibility index (Phi) is 6.22. The third-order valence-electron chi connectivity index (χ3n) is 4.84. The van der Waals surface area contributed by atoms with Gasteiger partial charge in [0.15, 0.2) is 0 Å². The quantitative estimate of drug-likeness (QED) is 0.448. The van der Waals surface area contributed by atoms with Gasteiger partial charge in [0.05, 0.1) is 11.4 Å². The van der Waals surface area contributed by atoms with Crippen molar-refractivity contribution in [3.63, 3.8) is 0 Å². The van der Waals surface area contributed by atoms with Gasteiger partial charge in [-0.3, -0.25) is 9.59 Å². The SMILES string of the molecule is CNC(=O)c1cccc(NC(=O)/C=C/c2cn(-c3ccccc3)nc2-c2ccccc2)c1. The maximum Gasteiger partial charge on any atom is 0.251 e. The Morgan fingerprint density at radius 1 is 0.906 bits per heavy atom. The number of carbonyl (C=O) groups is 2. The van der Waals surface area contributed by atoms with E-state index in [9.17, 15) is 9.59 Å². The van der Waals surface area contributed by atoms with Gasteiger partial charge in [0.2, 0.25) is 5.91 Å². The second kappa shape index (κ2) is 9.57. The summed E-state index contributed by atoms with van der Waals surface area (Å²) >= 11 is 0. The van der Waals surface area contributed by atoms with E-state index in [4.69, 9.17) is 5.10 Å². The highest BCUT2D eigenvalue weighted by Gasteiger charge is 2.11. The van der Waals surface area contributed by atoms with Crippen molar-refractivity contribution in [3.05, 3.63) is 108 Å². The van der Waals surface area contributed by atoms with Gasteiger partial charge in [-0.2, -0.15) is 5.10 Å². The minimum absolute atomic E-state index is 0.211. The topological polar surface area (TPSA) is 76.0 Å². The molecule has 2 N–H and O–H groups in total. The molecule has 2 amide bonds. The number of nitrogens with one attached hydrogen (secondary N) is 2. The van der Waals surface area contributed by atoms with Crippen LogP contribution in [0.4, 0.5) is 5.69 Å². The first-order valence-electron chi connectivity index (χ1n) is 10.2. The Labute approximate surface area is 186 Å². The number of anilines is 1. The van der Waals surface area contributed by atoms with Gasteiger partial charge < -0.3 is 10.6 Å². The minimum atomic E-state index is -0.300. The third kappa shape index (κ3) is 4.82. The van der Waals surface area contributed by atoms with Crippen molar-refractivity contribution in [2.45, 2.75) is 0 Å². The van der Waals surface area contributed by atoms with Gasteiger partial charge in [-0.15, -0.1) is 0 Å². The lowest BCUT2D eigenvalue weighted by Crippen LogP contribution is -2.18. The normalized spacial score (nSPS) is 10.8. The van der Waals surface area contributed by atoms with Crippen molar-refractivity contribution in [2.24, 2.45) is 0 Å². The van der Waals surface area contributed by atoms with Crippen molar-refractivity contribution >= 4 is 23.6 Å². The van der Waals surface area contributed by atoms with Crippen LogP contribution in [-0.4, -0.2) is 28.6 Å². The standard InChI is InChI=1S/C26H22N4O2/c1-27-26(32)20-11-8-12-22(17-20)28-24(31)16-15-21-18-30(23-13-6-3-7-14-23)29-25(21)19-9-4-2-5-10-19/h2-18H,1H3,(H,27,32)(H,28,31)/b16-15+. The Hall–Kier alpha value is -4.45. The van der Waals surface area contributed by atoms with Gasteiger partial charge in [0.25, 0.3) is 5.91 Å². The van der Waals surface area contributed by atoms with Crippen molar-refractivity contribution in [1.29, 1.82) is 0 Å². The Morgan fingerprint density at radius 3 is 2.34 bits per heavy atom. The summed E-state index contributed by atoms with van der Waals surface area (Å²) in [6.07, 6.45) is 5.10. The van der Waals surface area contributed by atoms with Gasteiger partial charge in [-0.1, -0.05) is 54.6 Å². The average Bonchev–Trinajstić information content (AvgIpc) is 3.28. The largest absolute Gasteiger partial charge is 0.355 e. The smallest absolute Gasteiger partial charge is 0.251 e. The summed E-state index contributed by atoms with van der Waals surface area (Å²) in [5.41, 5.74) is 4.50. The molecule has 4 rings (SSSR count). The summed E-state index contributed by atoms with van der Waals surface area (Å²) < 4.78 is 1.80. The van der Waals surface area contributed by atoms with Crippen LogP contribution in [0.15, 0.2) is 97.2 Å². The summed E-state index contributed by atoms with van der Waals surface area (Å²) in [4.78, 5) is 24.3. The van der Waals surface area contributed by atoms with Gasteiger partial charge in [0, 0.05) is 41.7 Å². The van der Waals surface area contributed by atoms with E-state index >= 15 is 0 Å². The Bertz CT molecular complexity index is 1260. The van der Waals surface area contributed by atoms with Crippen LogP contribution in [0, 0.1) is 0 Å². The summed E-state index contributed by atoms with van der Waals surface area (Å²) in [5, 5.41) is 10.1. The predicted octanol–water partition coefficient (Wildman–Crippen LogP) is 4.55. The van der Waals surface area contributed by atoms with E-state index in [1.165, 1.54) is 6.08 Å². The van der Waals surface area contributed by atoms with Crippen LogP contribution in [-0.2, 0) is 4.79 Å². The van der Waals surface area contributed by atoms with Crippen molar-refractivity contribution in [1.82, 2.24) is 15.1 Å². The second-order valence-corrected chi connectivity index (χ2v) is 7.06. The zero-order valence-electron chi connectivity index (χ0n) is 17.5. The Morgan fingerprint density at radius 2 is 1.62 bits per heavy atom. The molecular weight excluding hydrogens is 400 g/mol. The van der Waals surface area contributed by atoms with Crippen LogP contribution in [0.5, 0.6) is 0 Å². The molecule has 0 radical (unpaired) electrons. The molecule has 1 heterocycles. The minimum Gasteiger partial charge on any atom is -0.355 e. The number of hydrogen-bond donors (Lipinski definition) is 2. The molecule has 4 aromatic rings. The van der Waals surface area contributed by atoms with Gasteiger partial charge >= 0.3 is 0 Å². The molecule has 0 aliphatic rings. The second-order valence-electron chi connectivity index (χ2n) is 7.06. The number of benzene rings is 3. The van der Waals surface area contributed by atoms with Crippen LogP contribution in [0.2, 0.25) is 0 Å². The third-order valence-corrected chi connectivity index (χ3v) is 4.84. The fraction of sp³-hybridized carbons (Fsp3) is 0.0385. The summed E-state index contributed by atoms with van der Waals surface area (Å²) in [6.45, 7) is 0. The van der Waals surface area contributed by atoms with E-state index in [0.29, 0.717) is 11.3 Å². The molecule has 0 fully saturated rings. The van der Waals surface area contributed by atoms with Crippen molar-refractivity contribution in [2.75, 3.05) is 12.4 Å². The zero-order chi connectivity index (χ0) is 22.3. The van der Waals surface area contributed by atoms with Crippen LogP contribution in [0.1, 0.15) is 15.9 Å². The van der Waals surface area contributed by atoms with Gasteiger partial charge in [-0.25, -0.2) is 4.68 Å². The number of carbonyl (C=O) groups excluding carboxylic acids is 2. The van der Waals surface area contributed by atoms with Crippen LogP contribution < -0.4 is 10.6 Å². The molecule has 0 saturated heterocycles. The monoisotopic (exact) mass is 422 g/mol. The molecule has 0 bridgehead atoms. The van der Waals surface area contributed by atoms with Gasteiger partial charge in [-0.05, 0) is 36.4 Å². The number of rotatable bonds is 6. The van der Waals surface area contributed by atoms with Crippen molar-refractivity contribution < 1.29 is 9.59 Å². The lowest BCUT2D eigenvalue weighted by Gasteiger charge is -2.05. The van der Waals surface area contributed by atoms with E-state index < -0.39 is 0 Å². The first kappa shape index (κ1) is 20.8. The molecule has 0 aliphatic carbocycles. The molecule has 1 aromatic heterocycles. The highest BCUT2D eigenvalue weighted by atomic mass is 16.2. The lowest BCUT2D eigenvalue weighted by atomic mass is 10.1. The molecule has 0 saturated carbocycles. The molecule has 0 spiro atoms. The van der Waals surface area contributed by atoms with E-state index in [1.54, 1.807) is 42.1 Å². The Balaban J connectivity index is 1.60. The molecule has 0 aliphatic heterocycles. The summed E-state index contributed by atoms with van der Waals surface area (Å²) in [6, 6.07) is 26.4. The van der Waals surface area contributed by atoms with E-state index in [-0.39, 0.29) is 11.8 Å². The first-order valence-corrected chi connectivity index (χ1v) is 10.2. The fourth-order valence-electron chi connectivity index (χ4n) is 3.27. The molecule has 3 aromatic carbocycles. The molecule has 0 atom stereocenters. The van der Waals surface area contributed by atoms with Crippen LogP contribution in [0.3, 0.4) is 0 Å². The lowest BCUT2D eigenvalue weighted by molar-refractivity contribution is -0.111. The summed E-state index contributed by atoms with van der Waals surface area (Å²) in [7, 11) is 1.57. The molecule has 0 unspecified atom stereocenters. The number of aromatic nitrogens is 2.